The van der Waals surface area contributed by atoms with Crippen LogP contribution in [0, 0.1) is 6.92 Å². The van der Waals surface area contributed by atoms with E-state index in [1.807, 2.05) is 73.7 Å². The molecule has 3 N–H and O–H groups in total. The standard InChI is InChI=1S/C28H29N7O/c1-20-5-2-3-7-26(20)35(27-31-16-13-25(34-27)22-6-4-14-29-18-22)28(36)33-23-10-8-21(9-11-23)17-32-24-12-15-30-19-24/h2-11,13-14,16,18,24,30,32H,12,15,17,19H2,1H3,(H,33,36). The number of urea groups is 1. The maximum absolute atomic E-state index is 13.6. The van der Waals surface area contributed by atoms with Gasteiger partial charge < -0.3 is 16.0 Å². The predicted molar refractivity (Wildman–Crippen MR) is 142 cm³/mol. The Morgan fingerprint density at radius 1 is 1.06 bits per heavy atom. The van der Waals surface area contributed by atoms with Crippen molar-refractivity contribution in [3.05, 3.63) is 96.4 Å². The minimum Gasteiger partial charge on any atom is -0.315 e. The van der Waals surface area contributed by atoms with Gasteiger partial charge in [-0.2, -0.15) is 0 Å². The number of aromatic nitrogens is 3. The Morgan fingerprint density at radius 2 is 1.92 bits per heavy atom. The van der Waals surface area contributed by atoms with Crippen LogP contribution in [0.1, 0.15) is 17.5 Å². The number of nitrogens with one attached hydrogen (secondary N) is 3. The predicted octanol–water partition coefficient (Wildman–Crippen LogP) is 4.67. The Hall–Kier alpha value is -4.14. The summed E-state index contributed by atoms with van der Waals surface area (Å²) in [4.78, 5) is 28.4. The number of nitrogens with zero attached hydrogens (tertiary/aromatic N) is 4. The van der Waals surface area contributed by atoms with Crippen LogP contribution >= 0.6 is 0 Å². The second kappa shape index (κ2) is 11.1. The van der Waals surface area contributed by atoms with E-state index in [-0.39, 0.29) is 12.0 Å². The number of aryl methyl sites for hydroxylation is 1. The monoisotopic (exact) mass is 479 g/mol. The zero-order valence-corrected chi connectivity index (χ0v) is 20.2. The highest BCUT2D eigenvalue weighted by Crippen LogP contribution is 2.28. The SMILES string of the molecule is Cc1ccccc1N(C(=O)Nc1ccc(CNC2CCNC2)cc1)c1nccc(-c2cccnc2)n1. The van der Waals surface area contributed by atoms with Crippen LogP contribution in [-0.2, 0) is 6.54 Å². The van der Waals surface area contributed by atoms with Gasteiger partial charge in [-0.1, -0.05) is 30.3 Å². The number of benzene rings is 2. The highest BCUT2D eigenvalue weighted by Gasteiger charge is 2.23. The molecular formula is C28H29N7O. The largest absolute Gasteiger partial charge is 0.333 e. The molecule has 8 nitrogen and oxygen atoms in total. The third-order valence-electron chi connectivity index (χ3n) is 6.22. The van der Waals surface area contributed by atoms with Crippen molar-refractivity contribution in [3.63, 3.8) is 0 Å². The van der Waals surface area contributed by atoms with Crippen LogP contribution in [0.4, 0.5) is 22.1 Å². The molecule has 1 aliphatic heterocycles. The maximum atomic E-state index is 13.6. The van der Waals surface area contributed by atoms with Crippen molar-refractivity contribution in [3.8, 4) is 11.3 Å². The smallest absolute Gasteiger partial charge is 0.315 e. The van der Waals surface area contributed by atoms with E-state index in [2.05, 4.69) is 25.9 Å². The number of hydrogen-bond donors (Lipinski definition) is 3. The first kappa shape index (κ1) is 23.6. The molecule has 2 aromatic heterocycles. The van der Waals surface area contributed by atoms with Crippen LogP contribution in [0.15, 0.2) is 85.3 Å². The van der Waals surface area contributed by atoms with Crippen molar-refractivity contribution < 1.29 is 4.79 Å². The van der Waals surface area contributed by atoms with E-state index >= 15 is 0 Å². The topological polar surface area (TPSA) is 95.1 Å². The Balaban J connectivity index is 1.38. The summed E-state index contributed by atoms with van der Waals surface area (Å²) >= 11 is 0. The molecular weight excluding hydrogens is 450 g/mol. The number of para-hydroxylation sites is 1. The summed E-state index contributed by atoms with van der Waals surface area (Å²) in [6.45, 7) is 4.83. The van der Waals surface area contributed by atoms with Crippen LogP contribution in [0.3, 0.4) is 0 Å². The summed E-state index contributed by atoms with van der Waals surface area (Å²) in [5.74, 6) is 0.286. The van der Waals surface area contributed by atoms with Gasteiger partial charge in [-0.25, -0.2) is 19.7 Å². The van der Waals surface area contributed by atoms with Crippen molar-refractivity contribution >= 4 is 23.4 Å². The molecule has 0 bridgehead atoms. The Labute approximate surface area is 210 Å². The molecule has 1 fully saturated rings. The zero-order valence-electron chi connectivity index (χ0n) is 20.2. The van der Waals surface area contributed by atoms with Gasteiger partial charge in [0.25, 0.3) is 0 Å². The second-order valence-electron chi connectivity index (χ2n) is 8.80. The average Bonchev–Trinajstić information content (AvgIpc) is 3.44. The maximum Gasteiger partial charge on any atom is 0.333 e. The van der Waals surface area contributed by atoms with Gasteiger partial charge >= 0.3 is 6.03 Å². The summed E-state index contributed by atoms with van der Waals surface area (Å²) in [5, 5.41) is 9.94. The fourth-order valence-corrected chi connectivity index (χ4v) is 4.23. The molecule has 0 saturated carbocycles. The second-order valence-corrected chi connectivity index (χ2v) is 8.80. The Bertz CT molecular complexity index is 1310. The van der Waals surface area contributed by atoms with Crippen molar-refractivity contribution in [1.29, 1.82) is 0 Å². The van der Waals surface area contributed by atoms with E-state index in [9.17, 15) is 4.79 Å². The molecule has 0 spiro atoms. The quantitative estimate of drug-likeness (QED) is 0.357. The number of carbonyl (C=O) groups is 1. The molecule has 182 valence electrons. The van der Waals surface area contributed by atoms with Crippen LogP contribution in [0.5, 0.6) is 0 Å². The summed E-state index contributed by atoms with van der Waals surface area (Å²) in [6.07, 6.45) is 6.26. The third-order valence-corrected chi connectivity index (χ3v) is 6.22. The lowest BCUT2D eigenvalue weighted by molar-refractivity contribution is 0.258. The number of carbonyl (C=O) groups excluding carboxylic acids is 1. The first-order chi connectivity index (χ1) is 17.7. The van der Waals surface area contributed by atoms with Gasteiger partial charge in [-0.05, 0) is 67.4 Å². The molecule has 1 aliphatic rings. The van der Waals surface area contributed by atoms with Crippen molar-refractivity contribution in [2.24, 2.45) is 0 Å². The number of rotatable bonds is 7. The molecule has 36 heavy (non-hydrogen) atoms. The molecule has 4 aromatic rings. The molecule has 2 aromatic carbocycles. The van der Waals surface area contributed by atoms with Crippen molar-refractivity contribution in [2.45, 2.75) is 25.9 Å². The lowest BCUT2D eigenvalue weighted by atomic mass is 10.1. The molecule has 0 radical (unpaired) electrons. The average molecular weight is 480 g/mol. The van der Waals surface area contributed by atoms with Gasteiger partial charge in [0.2, 0.25) is 5.95 Å². The summed E-state index contributed by atoms with van der Waals surface area (Å²) in [7, 11) is 0. The van der Waals surface area contributed by atoms with Gasteiger partial charge in [0, 0.05) is 49.0 Å². The minimum atomic E-state index is -0.337. The van der Waals surface area contributed by atoms with Crippen molar-refractivity contribution in [1.82, 2.24) is 25.6 Å². The highest BCUT2D eigenvalue weighted by atomic mass is 16.2. The molecule has 0 aliphatic carbocycles. The first-order valence-electron chi connectivity index (χ1n) is 12.1. The number of anilines is 3. The van der Waals surface area contributed by atoms with E-state index < -0.39 is 0 Å². The van der Waals surface area contributed by atoms with Crippen molar-refractivity contribution in [2.75, 3.05) is 23.3 Å². The number of hydrogen-bond acceptors (Lipinski definition) is 6. The lowest BCUT2D eigenvalue weighted by Gasteiger charge is -2.23. The fraction of sp³-hybridized carbons (Fsp3) is 0.214. The highest BCUT2D eigenvalue weighted by molar-refractivity contribution is 6.06. The van der Waals surface area contributed by atoms with E-state index in [0.29, 0.717) is 23.1 Å². The van der Waals surface area contributed by atoms with E-state index in [1.165, 1.54) is 10.5 Å². The molecule has 5 rings (SSSR count). The Morgan fingerprint density at radius 3 is 2.67 bits per heavy atom. The Kier molecular flexibility index (Phi) is 7.25. The third kappa shape index (κ3) is 5.56. The van der Waals surface area contributed by atoms with Crippen LogP contribution < -0.4 is 20.9 Å². The minimum absolute atomic E-state index is 0.286. The van der Waals surface area contributed by atoms with Crippen LogP contribution in [0.25, 0.3) is 11.3 Å². The van der Waals surface area contributed by atoms with E-state index in [0.717, 1.165) is 37.2 Å². The summed E-state index contributed by atoms with van der Waals surface area (Å²) < 4.78 is 0. The summed E-state index contributed by atoms with van der Waals surface area (Å²) in [6, 6.07) is 21.4. The normalized spacial score (nSPS) is 15.0. The fourth-order valence-electron chi connectivity index (χ4n) is 4.23. The zero-order chi connectivity index (χ0) is 24.7. The van der Waals surface area contributed by atoms with E-state index in [4.69, 9.17) is 4.98 Å². The van der Waals surface area contributed by atoms with Gasteiger partial charge in [0.05, 0.1) is 11.4 Å². The molecule has 8 heteroatoms. The molecule has 2 amide bonds. The number of amides is 2. The molecule has 1 unspecified atom stereocenters. The van der Waals surface area contributed by atoms with Crippen LogP contribution in [0.2, 0.25) is 0 Å². The van der Waals surface area contributed by atoms with Crippen LogP contribution in [-0.4, -0.2) is 40.1 Å². The lowest BCUT2D eigenvalue weighted by Crippen LogP contribution is -2.33. The molecule has 1 saturated heterocycles. The molecule has 1 atom stereocenters. The van der Waals surface area contributed by atoms with Gasteiger partial charge in [0.15, 0.2) is 0 Å². The van der Waals surface area contributed by atoms with Gasteiger partial charge in [-0.3, -0.25) is 4.98 Å². The summed E-state index contributed by atoms with van der Waals surface area (Å²) in [5.41, 5.74) is 5.06. The molecule has 3 heterocycles. The van der Waals surface area contributed by atoms with Gasteiger partial charge in [-0.15, -0.1) is 0 Å². The van der Waals surface area contributed by atoms with Gasteiger partial charge in [0.1, 0.15) is 0 Å². The number of pyridine rings is 1. The first-order valence-corrected chi connectivity index (χ1v) is 12.1. The van der Waals surface area contributed by atoms with E-state index in [1.54, 1.807) is 18.6 Å².